The summed E-state index contributed by atoms with van der Waals surface area (Å²) in [4.78, 5) is 197. The average molecular weight is 1620 g/mol. The van der Waals surface area contributed by atoms with Crippen LogP contribution in [-0.4, -0.2) is 204 Å². The fourth-order valence-electron chi connectivity index (χ4n) is 13.8. The third-order valence-electron chi connectivity index (χ3n) is 20.3. The number of phenolic OH excluding ortho intramolecular Hbond substituents is 2. The zero-order valence-corrected chi connectivity index (χ0v) is 66.7. The molecule has 0 spiro atoms. The monoisotopic (exact) mass is 1620 g/mol. The molecule has 3 aliphatic rings. The van der Waals surface area contributed by atoms with E-state index in [-0.39, 0.29) is 75.2 Å². The number of phenols is 2. The minimum absolute atomic E-state index is 0.00837. The van der Waals surface area contributed by atoms with Crippen LogP contribution >= 0.6 is 23.5 Å². The summed E-state index contributed by atoms with van der Waals surface area (Å²) in [5, 5.41) is 76.4. The number of hydrogen-bond donors (Lipinski definition) is 18. The molecule has 32 nitrogen and oxygen atoms in total. The molecule has 2 aromatic heterocycles. The first kappa shape index (κ1) is 89.2. The van der Waals surface area contributed by atoms with Crippen LogP contribution in [0.3, 0.4) is 0 Å². The summed E-state index contributed by atoms with van der Waals surface area (Å²) >= 11 is 2.73. The van der Waals surface area contributed by atoms with Crippen LogP contribution < -0.4 is 69.5 Å². The first-order chi connectivity index (χ1) is 54.3. The van der Waals surface area contributed by atoms with Crippen LogP contribution in [0.15, 0.2) is 97.3 Å². The van der Waals surface area contributed by atoms with Gasteiger partial charge in [-0.15, -0.1) is 0 Å². The van der Waals surface area contributed by atoms with Gasteiger partial charge in [0.25, 0.3) is 0 Å². The van der Waals surface area contributed by atoms with Crippen molar-refractivity contribution >= 4 is 111 Å². The van der Waals surface area contributed by atoms with Gasteiger partial charge in [0.2, 0.25) is 76.8 Å². The van der Waals surface area contributed by atoms with Gasteiger partial charge in [-0.25, -0.2) is 4.98 Å². The maximum absolute atomic E-state index is 15.3. The van der Waals surface area contributed by atoms with E-state index in [4.69, 9.17) is 5.73 Å². The topological polar surface area (TPSA) is 502 Å². The number of nitrogens with one attached hydrogen (secondary N) is 13. The molecule has 13 amide bonds. The van der Waals surface area contributed by atoms with Gasteiger partial charge in [-0.2, -0.15) is 23.5 Å². The number of rotatable bonds is 12. The highest BCUT2D eigenvalue weighted by Gasteiger charge is 2.41. The van der Waals surface area contributed by atoms with E-state index in [0.29, 0.717) is 70.7 Å². The number of thioether (sulfide) groups is 2. The van der Waals surface area contributed by atoms with Gasteiger partial charge in [-0.05, 0) is 128 Å². The predicted molar refractivity (Wildman–Crippen MR) is 428 cm³/mol. The average Bonchev–Trinajstić information content (AvgIpc) is 1.23. The number of carbonyl (C=O) groups excluding carboxylic acids is 13. The van der Waals surface area contributed by atoms with Crippen LogP contribution in [-0.2, 0) is 93.1 Å². The summed E-state index contributed by atoms with van der Waals surface area (Å²) in [7, 11) is 0. The second-order valence-electron chi connectivity index (χ2n) is 30.5. The lowest BCUT2D eigenvalue weighted by Gasteiger charge is -2.33. The van der Waals surface area contributed by atoms with Crippen molar-refractivity contribution in [2.75, 3.05) is 24.6 Å². The highest BCUT2D eigenvalue weighted by atomic mass is 32.2. The predicted octanol–water partition coefficient (Wildman–Crippen LogP) is 1.52. The molecule has 3 unspecified atom stereocenters. The van der Waals surface area contributed by atoms with Crippen LogP contribution in [0, 0.1) is 17.3 Å². The number of aliphatic hydroxyl groups is 2. The number of hydrogen-bond acceptors (Lipinski definition) is 20. The standard InChI is InChI=1S/C80H109N15O17S2/c1-7-14-56-72(105)87-57-29-30-62(100)82-32-12-19-51(70(103)93-64(44(2)96)76(109)89-60(74(107)86-56)38-52-40-84-69-55(52)20-13-33-83-69)39-85-71(104)58(36-46-21-25-53(98)26-22-46)90-79(112)67(80(4,5)6)92-63(101)31-34-113-41-48-15-11-16-49(35-48)42-114-43-61(68(81)102)91-77(110)65(45(3)97)94-78(111)66(50-17-9-8-10-18-50)95-75(108)59(88-73(57)106)37-47-23-27-54(99)28-24-47/h11,13,15-16,20-28,33,35,40,44-45,50-51,56-61,64-67,96-99H,7-10,12,14,17-19,29-32,34,36-39,41-43H2,1-6H3,(H2,81,102)(H,82,100)(H,83,84)(H,85,104)(H,86,107)(H,87,105)(H,88,106)(H,89,109)(H,90,112)(H,91,110)(H,92,101)(H,93,103)(H,94,111)(H,95,108)/t44-,45-,51?,56+,57?,58?,59+,60+,61-,64-,65+,66+,67-/m1/s1. The Morgan fingerprint density at radius 2 is 1.12 bits per heavy atom. The van der Waals surface area contributed by atoms with Crippen LogP contribution in [0.1, 0.15) is 146 Å². The summed E-state index contributed by atoms with van der Waals surface area (Å²) < 4.78 is 0. The number of primary amides is 1. The Morgan fingerprint density at radius 1 is 0.553 bits per heavy atom. The van der Waals surface area contributed by atoms with Gasteiger partial charge in [-0.3, -0.25) is 62.3 Å². The van der Waals surface area contributed by atoms with E-state index < -0.39 is 186 Å². The molecular weight excluding hydrogens is 1510 g/mol. The van der Waals surface area contributed by atoms with Gasteiger partial charge in [0.15, 0.2) is 0 Å². The number of aromatic hydroxyl groups is 2. The van der Waals surface area contributed by atoms with E-state index in [1.807, 2.05) is 24.3 Å². The lowest BCUT2D eigenvalue weighted by Crippen LogP contribution is -2.63. The number of nitrogens with zero attached hydrogens (tertiary/aromatic N) is 1. The number of benzene rings is 3. The number of aromatic amines is 1. The molecule has 13 atom stereocenters. The number of H-pyrrole nitrogens is 1. The molecule has 4 bridgehead atoms. The van der Waals surface area contributed by atoms with E-state index >= 15 is 14.4 Å². The first-order valence-corrected chi connectivity index (χ1v) is 41.1. The quantitative estimate of drug-likeness (QED) is 0.0842. The van der Waals surface area contributed by atoms with Crippen LogP contribution in [0.5, 0.6) is 11.5 Å². The second-order valence-corrected chi connectivity index (χ2v) is 32.7. The Bertz CT molecular complexity index is 4170. The minimum atomic E-state index is -1.78. The molecule has 4 heterocycles. The maximum atomic E-state index is 15.3. The molecule has 618 valence electrons. The molecule has 1 saturated heterocycles. The summed E-state index contributed by atoms with van der Waals surface area (Å²) in [6.45, 7) is 8.80. The maximum Gasteiger partial charge on any atom is 0.245 e. The van der Waals surface area contributed by atoms with Gasteiger partial charge in [0.1, 0.15) is 77.6 Å². The minimum Gasteiger partial charge on any atom is -0.508 e. The largest absolute Gasteiger partial charge is 0.508 e. The lowest BCUT2D eigenvalue weighted by atomic mass is 9.83. The van der Waals surface area contributed by atoms with Crippen molar-refractivity contribution in [1.29, 1.82) is 0 Å². The zero-order chi connectivity index (χ0) is 82.8. The van der Waals surface area contributed by atoms with Crippen molar-refractivity contribution in [3.05, 3.63) is 125 Å². The Hall–Kier alpha value is -10.3. The van der Waals surface area contributed by atoms with Gasteiger partial charge in [-0.1, -0.05) is 102 Å². The fraction of sp³-hybridized carbons (Fsp3) is 0.525. The highest BCUT2D eigenvalue weighted by molar-refractivity contribution is 7.98. The molecule has 2 fully saturated rings. The molecule has 114 heavy (non-hydrogen) atoms. The van der Waals surface area contributed by atoms with Gasteiger partial charge < -0.3 is 94.9 Å². The third-order valence-corrected chi connectivity index (χ3v) is 22.4. The van der Waals surface area contributed by atoms with E-state index in [1.54, 1.807) is 58.2 Å². The SMILES string of the molecule is CCC[C@@H]1NC(=O)[C@H](Cc2c[nH]c3ncccc23)NC(=O)[C@@H]([C@@H](C)O)NC(=O)C2CCCNC(=O)CCC(NC1=O)C(=O)N[C@@H](Cc1ccc(O)cc1)C(=O)N[C@@H](C1CCCCC1)C(=O)N[C@@H]([C@@H](C)O)C(=O)N[C@@H](C(N)=O)CSCc1cccc(c1)CSCCC(=O)N[C@@H](C(C)(C)C)C(=O)NC(Cc1ccc(O)cc1)C(=O)NC2. The Labute approximate surface area is 670 Å². The van der Waals surface area contributed by atoms with E-state index in [0.717, 1.165) is 17.5 Å². The lowest BCUT2D eigenvalue weighted by molar-refractivity contribution is -0.137. The molecular formula is C80H109N15O17S2. The molecule has 19 N–H and O–H groups in total. The summed E-state index contributed by atoms with van der Waals surface area (Å²) in [5.41, 5.74) is 8.48. The van der Waals surface area contributed by atoms with Crippen molar-refractivity contribution in [3.63, 3.8) is 0 Å². The van der Waals surface area contributed by atoms with Crippen molar-refractivity contribution in [1.82, 2.24) is 73.8 Å². The van der Waals surface area contributed by atoms with Gasteiger partial charge in [0, 0.05) is 86.0 Å². The van der Waals surface area contributed by atoms with Crippen molar-refractivity contribution < 1.29 is 82.8 Å². The first-order valence-electron chi connectivity index (χ1n) is 38.8. The van der Waals surface area contributed by atoms with E-state index in [1.165, 1.54) is 80.0 Å². The normalized spacial score (nSPS) is 25.4. The van der Waals surface area contributed by atoms with Gasteiger partial charge >= 0.3 is 0 Å². The zero-order valence-electron chi connectivity index (χ0n) is 65.1. The van der Waals surface area contributed by atoms with Crippen LogP contribution in [0.25, 0.3) is 11.0 Å². The molecule has 8 rings (SSSR count). The number of amides is 13. The number of fused-ring (bicyclic) bond motifs is 11. The smallest absolute Gasteiger partial charge is 0.245 e. The van der Waals surface area contributed by atoms with E-state index in [2.05, 4.69) is 73.8 Å². The highest BCUT2D eigenvalue weighted by Crippen LogP contribution is 2.29. The molecule has 1 saturated carbocycles. The third kappa shape index (κ3) is 27.2. The van der Waals surface area contributed by atoms with Crippen molar-refractivity contribution in [2.24, 2.45) is 23.0 Å². The second kappa shape index (κ2) is 43.2. The van der Waals surface area contributed by atoms with Crippen molar-refractivity contribution in [3.8, 4) is 11.5 Å². The summed E-state index contributed by atoms with van der Waals surface area (Å²) in [6, 6.07) is 7.44. The summed E-state index contributed by atoms with van der Waals surface area (Å²) in [5.74, 6) is -12.0. The van der Waals surface area contributed by atoms with Crippen LogP contribution in [0.4, 0.5) is 0 Å². The Kier molecular flexibility index (Phi) is 33.8. The van der Waals surface area contributed by atoms with Gasteiger partial charge in [0.05, 0.1) is 18.1 Å². The number of aromatic nitrogens is 2. The summed E-state index contributed by atoms with van der Waals surface area (Å²) in [6.07, 6.45) is 1.28. The molecule has 34 heteroatoms. The fourth-order valence-corrected chi connectivity index (χ4v) is 15.7. The number of carbonyl (C=O) groups is 13. The van der Waals surface area contributed by atoms with Crippen molar-refractivity contribution in [2.45, 2.75) is 222 Å². The molecule has 1 aliphatic carbocycles. The Balaban J connectivity index is 1.18. The Morgan fingerprint density at radius 3 is 1.75 bits per heavy atom. The number of aliphatic hydroxyl groups excluding tert-OH is 2. The number of nitrogens with two attached hydrogens (primary N) is 1. The molecule has 2 aliphatic heterocycles. The van der Waals surface area contributed by atoms with E-state index in [9.17, 15) is 68.4 Å². The molecule has 5 aromatic rings. The molecule has 3 aromatic carbocycles. The number of pyridine rings is 1. The van der Waals surface area contributed by atoms with Crippen LogP contribution in [0.2, 0.25) is 0 Å². The molecule has 0 radical (unpaired) electrons.